The van der Waals surface area contributed by atoms with Gasteiger partial charge in [-0.2, -0.15) is 0 Å². The highest BCUT2D eigenvalue weighted by Crippen LogP contribution is 2.44. The third-order valence-corrected chi connectivity index (χ3v) is 7.76. The maximum atomic E-state index is 12.9. The Hall–Kier alpha value is -1.99. The van der Waals surface area contributed by atoms with Crippen molar-refractivity contribution in [2.24, 2.45) is 21.8 Å². The Bertz CT molecular complexity index is 851. The second kappa shape index (κ2) is 8.40. The highest BCUT2D eigenvalue weighted by atomic mass is 32.1. The van der Waals surface area contributed by atoms with Crippen LogP contribution in [0.1, 0.15) is 52.2 Å². The number of nitrogens with one attached hydrogen (secondary N) is 2. The number of guanidine groups is 1. The summed E-state index contributed by atoms with van der Waals surface area (Å²) in [7, 11) is 0. The van der Waals surface area contributed by atoms with E-state index in [4.69, 9.17) is 4.99 Å². The van der Waals surface area contributed by atoms with E-state index in [9.17, 15) is 4.79 Å². The predicted octanol–water partition coefficient (Wildman–Crippen LogP) is 2.92. The van der Waals surface area contributed by atoms with E-state index in [1.54, 1.807) is 11.3 Å². The minimum Gasteiger partial charge on any atom is -0.352 e. The maximum Gasteiger partial charge on any atom is 0.264 e. The average molecular weight is 412 g/mol. The Labute approximate surface area is 176 Å². The second-order valence-corrected chi connectivity index (χ2v) is 9.64. The number of hydrogen-bond donors (Lipinski definition) is 2. The van der Waals surface area contributed by atoms with Gasteiger partial charge in [0.1, 0.15) is 0 Å². The van der Waals surface area contributed by atoms with Crippen molar-refractivity contribution < 1.29 is 4.79 Å². The van der Waals surface area contributed by atoms with Crippen LogP contribution >= 0.6 is 11.3 Å². The van der Waals surface area contributed by atoms with Crippen LogP contribution in [0.5, 0.6) is 0 Å². The molecule has 3 atom stereocenters. The number of allylic oxidation sites excluding steroid dienone is 1. The van der Waals surface area contributed by atoms with Crippen LogP contribution < -0.4 is 10.6 Å². The number of carbonyl (C=O) groups excluding carboxylic acids is 1. The van der Waals surface area contributed by atoms with Crippen molar-refractivity contribution in [3.8, 4) is 0 Å². The van der Waals surface area contributed by atoms with Crippen molar-refractivity contribution in [3.63, 3.8) is 0 Å². The molecule has 1 aromatic heterocycles. The molecule has 3 heterocycles. The van der Waals surface area contributed by atoms with Crippen LogP contribution in [0.2, 0.25) is 0 Å². The van der Waals surface area contributed by atoms with Gasteiger partial charge in [0.05, 0.1) is 11.4 Å². The summed E-state index contributed by atoms with van der Waals surface area (Å²) in [5.41, 5.74) is 1.12. The second-order valence-electron chi connectivity index (χ2n) is 8.56. The Morgan fingerprint density at radius 2 is 2.14 bits per heavy atom. The van der Waals surface area contributed by atoms with E-state index in [2.05, 4.69) is 27.8 Å². The van der Waals surface area contributed by atoms with E-state index in [1.807, 2.05) is 17.2 Å². The topological polar surface area (TPSA) is 69.1 Å². The third kappa shape index (κ3) is 4.16. The molecule has 154 valence electrons. The van der Waals surface area contributed by atoms with Crippen LogP contribution in [0.3, 0.4) is 0 Å². The lowest BCUT2D eigenvalue weighted by atomic mass is 9.95. The van der Waals surface area contributed by atoms with Crippen molar-refractivity contribution in [3.05, 3.63) is 27.5 Å². The van der Waals surface area contributed by atoms with Crippen molar-refractivity contribution in [1.29, 1.82) is 0 Å². The summed E-state index contributed by atoms with van der Waals surface area (Å²) in [5.74, 6) is 2.58. The van der Waals surface area contributed by atoms with Gasteiger partial charge in [-0.15, -0.1) is 11.3 Å². The zero-order chi connectivity index (χ0) is 19.6. The van der Waals surface area contributed by atoms with Gasteiger partial charge in [-0.25, -0.2) is 9.98 Å². The quantitative estimate of drug-likeness (QED) is 0.786. The van der Waals surface area contributed by atoms with Crippen LogP contribution in [0.15, 0.2) is 22.1 Å². The van der Waals surface area contributed by atoms with Gasteiger partial charge in [-0.1, -0.05) is 12.5 Å². The number of rotatable bonds is 2. The average Bonchev–Trinajstić information content (AvgIpc) is 3.47. The van der Waals surface area contributed by atoms with Gasteiger partial charge >= 0.3 is 0 Å². The molecule has 2 bridgehead atoms. The van der Waals surface area contributed by atoms with Gasteiger partial charge in [0.25, 0.3) is 5.91 Å². The first-order valence-electron chi connectivity index (χ1n) is 10.9. The maximum absolute atomic E-state index is 12.9. The number of hydrogen-bond acceptors (Lipinski definition) is 6. The molecule has 1 amide bonds. The van der Waals surface area contributed by atoms with Crippen molar-refractivity contribution in [1.82, 2.24) is 15.5 Å². The molecule has 29 heavy (non-hydrogen) atoms. The standard InChI is InChI=1S/C22H29N5OS/c28-21(27-9-7-23-8-10-27)20-13-17-14-25-22(24-6-2-1-3-19(17)29-20)26-18-12-15-4-5-16(18)11-15/h1,3,6,13,15-16,18,23H,2,4-5,7-12,14H2,(H,25,26)/b3-1-,24-6?. The Balaban J connectivity index is 1.33. The number of carbonyl (C=O) groups is 1. The van der Waals surface area contributed by atoms with E-state index >= 15 is 0 Å². The molecule has 0 spiro atoms. The lowest BCUT2D eigenvalue weighted by molar-refractivity contribution is 0.0740. The minimum absolute atomic E-state index is 0.146. The van der Waals surface area contributed by atoms with E-state index in [1.165, 1.54) is 25.7 Å². The van der Waals surface area contributed by atoms with Gasteiger partial charge in [0, 0.05) is 49.7 Å². The largest absolute Gasteiger partial charge is 0.352 e. The number of thiophene rings is 1. The zero-order valence-corrected chi connectivity index (χ0v) is 17.6. The number of fused-ring (bicyclic) bond motifs is 3. The molecular formula is C22H29N5OS. The number of aliphatic imine (C=N–C) groups is 2. The normalized spacial score (nSPS) is 30.0. The molecule has 2 saturated carbocycles. The zero-order valence-electron chi connectivity index (χ0n) is 16.8. The SMILES string of the molecule is O=C(c1cc2c(s1)/C=C\CC=NC(NC1CC3CCC1C3)=NC2)N1CCNCC1. The smallest absolute Gasteiger partial charge is 0.264 e. The van der Waals surface area contributed by atoms with Gasteiger partial charge < -0.3 is 15.5 Å². The van der Waals surface area contributed by atoms with Crippen LogP contribution in [0.4, 0.5) is 0 Å². The summed E-state index contributed by atoms with van der Waals surface area (Å²) in [6.07, 6.45) is 12.3. The van der Waals surface area contributed by atoms with Crippen LogP contribution in [0, 0.1) is 11.8 Å². The van der Waals surface area contributed by atoms with Crippen molar-refractivity contribution >= 4 is 35.5 Å². The first kappa shape index (κ1) is 19.0. The number of amides is 1. The summed E-state index contributed by atoms with van der Waals surface area (Å²) < 4.78 is 0. The highest BCUT2D eigenvalue weighted by molar-refractivity contribution is 7.15. The summed E-state index contributed by atoms with van der Waals surface area (Å²) in [4.78, 5) is 26.2. The molecule has 4 aliphatic rings. The summed E-state index contributed by atoms with van der Waals surface area (Å²) in [6, 6.07) is 2.56. The summed E-state index contributed by atoms with van der Waals surface area (Å²) in [6.45, 7) is 3.86. The molecule has 2 aliphatic carbocycles. The van der Waals surface area contributed by atoms with E-state index in [-0.39, 0.29) is 5.91 Å². The molecule has 5 rings (SSSR count). The molecule has 0 aromatic carbocycles. The Morgan fingerprint density at radius 1 is 1.24 bits per heavy atom. The predicted molar refractivity (Wildman–Crippen MR) is 119 cm³/mol. The van der Waals surface area contributed by atoms with Gasteiger partial charge in [-0.3, -0.25) is 4.79 Å². The molecular weight excluding hydrogens is 382 g/mol. The number of nitrogens with zero attached hydrogens (tertiary/aromatic N) is 3. The van der Waals surface area contributed by atoms with Gasteiger partial charge in [0.15, 0.2) is 0 Å². The molecule has 3 fully saturated rings. The molecule has 2 N–H and O–H groups in total. The molecule has 1 saturated heterocycles. The Kier molecular flexibility index (Phi) is 5.50. The van der Waals surface area contributed by atoms with Crippen molar-refractivity contribution in [2.45, 2.75) is 44.7 Å². The van der Waals surface area contributed by atoms with Crippen molar-refractivity contribution in [2.75, 3.05) is 26.2 Å². The van der Waals surface area contributed by atoms with Crippen LogP contribution in [-0.2, 0) is 6.54 Å². The molecule has 7 heteroatoms. The fourth-order valence-electron chi connectivity index (χ4n) is 5.08. The van der Waals surface area contributed by atoms with E-state index in [0.29, 0.717) is 12.6 Å². The van der Waals surface area contributed by atoms with Gasteiger partial charge in [0.2, 0.25) is 5.96 Å². The molecule has 1 aromatic rings. The van der Waals surface area contributed by atoms with Crippen LogP contribution in [0.25, 0.3) is 6.08 Å². The first-order valence-corrected chi connectivity index (χ1v) is 11.7. The monoisotopic (exact) mass is 411 g/mol. The first-order chi connectivity index (χ1) is 14.3. The summed E-state index contributed by atoms with van der Waals surface area (Å²) >= 11 is 1.59. The summed E-state index contributed by atoms with van der Waals surface area (Å²) in [5, 5.41) is 6.93. The highest BCUT2D eigenvalue weighted by Gasteiger charge is 2.39. The van der Waals surface area contributed by atoms with Crippen LogP contribution in [-0.4, -0.2) is 55.2 Å². The fourth-order valence-corrected chi connectivity index (χ4v) is 6.16. The lowest BCUT2D eigenvalue weighted by Crippen LogP contribution is -2.46. The molecule has 6 nitrogen and oxygen atoms in total. The molecule has 3 unspecified atom stereocenters. The fraction of sp³-hybridized carbons (Fsp3) is 0.591. The van der Waals surface area contributed by atoms with E-state index < -0.39 is 0 Å². The molecule has 2 aliphatic heterocycles. The minimum atomic E-state index is 0.146. The van der Waals surface area contributed by atoms with E-state index in [0.717, 1.165) is 65.7 Å². The van der Waals surface area contributed by atoms with Gasteiger partial charge in [-0.05, 0) is 48.8 Å². The Morgan fingerprint density at radius 3 is 2.93 bits per heavy atom. The number of piperazine rings is 1. The lowest BCUT2D eigenvalue weighted by Gasteiger charge is -2.26. The molecule has 0 radical (unpaired) electrons. The third-order valence-electron chi connectivity index (χ3n) is 6.63.